The van der Waals surface area contributed by atoms with E-state index < -0.39 is 0 Å². The minimum Gasteiger partial charge on any atom is -0.382 e. The molecule has 1 aromatic carbocycles. The molecule has 0 bridgehead atoms. The van der Waals surface area contributed by atoms with Crippen LogP contribution in [0.3, 0.4) is 0 Å². The largest absolute Gasteiger partial charge is 0.382 e. The molecule has 2 nitrogen and oxygen atoms in total. The molecule has 1 heterocycles. The molecule has 0 radical (unpaired) electrons. The van der Waals surface area contributed by atoms with Gasteiger partial charge >= 0.3 is 0 Å². The first kappa shape index (κ1) is 12.2. The number of halogens is 2. The monoisotopic (exact) mass is 302 g/mol. The molecule has 2 N–H and O–H groups in total. The minimum atomic E-state index is 0.562. The predicted octanol–water partition coefficient (Wildman–Crippen LogP) is 3.66. The van der Waals surface area contributed by atoms with Gasteiger partial charge in [0.1, 0.15) is 0 Å². The van der Waals surface area contributed by atoms with Crippen molar-refractivity contribution in [3.63, 3.8) is 0 Å². The molecule has 0 spiro atoms. The number of hydrogen-bond acceptors (Lipinski definition) is 2. The van der Waals surface area contributed by atoms with Crippen molar-refractivity contribution in [2.24, 2.45) is 0 Å². The highest BCUT2D eigenvalue weighted by Gasteiger charge is 2.11. The zero-order valence-corrected chi connectivity index (χ0v) is 11.4. The van der Waals surface area contributed by atoms with Gasteiger partial charge < -0.3 is 10.6 Å². The van der Waals surface area contributed by atoms with Gasteiger partial charge in [-0.3, -0.25) is 0 Å². The van der Waals surface area contributed by atoms with Gasteiger partial charge in [0.15, 0.2) is 0 Å². The van der Waals surface area contributed by atoms with E-state index in [1.54, 1.807) is 0 Å². The third-order valence-electron chi connectivity index (χ3n) is 2.87. The average molecular weight is 304 g/mol. The summed E-state index contributed by atoms with van der Waals surface area (Å²) in [6.07, 6.45) is 3.64. The molecular formula is C12H16BrClN2. The van der Waals surface area contributed by atoms with E-state index in [2.05, 4.69) is 32.6 Å². The molecule has 1 saturated heterocycles. The Morgan fingerprint density at radius 3 is 3.00 bits per heavy atom. The molecule has 0 saturated carbocycles. The number of rotatable bonds is 2. The minimum absolute atomic E-state index is 0.562. The first-order valence-electron chi connectivity index (χ1n) is 5.68. The molecule has 16 heavy (non-hydrogen) atoms. The van der Waals surface area contributed by atoms with E-state index >= 15 is 0 Å². The van der Waals surface area contributed by atoms with Crippen molar-refractivity contribution in [2.45, 2.75) is 25.3 Å². The SMILES string of the molecule is Clc1cc(NC2CCCNCC2)ccc1Br. The van der Waals surface area contributed by atoms with Crippen LogP contribution in [0.4, 0.5) is 5.69 Å². The second kappa shape index (κ2) is 5.89. The van der Waals surface area contributed by atoms with Crippen LogP contribution in [-0.2, 0) is 0 Å². The van der Waals surface area contributed by atoms with Crippen molar-refractivity contribution in [1.82, 2.24) is 5.32 Å². The highest BCUT2D eigenvalue weighted by Crippen LogP contribution is 2.26. The summed E-state index contributed by atoms with van der Waals surface area (Å²) < 4.78 is 0.947. The summed E-state index contributed by atoms with van der Waals surface area (Å²) in [5.41, 5.74) is 1.11. The Bertz CT molecular complexity index is 349. The Morgan fingerprint density at radius 1 is 1.31 bits per heavy atom. The summed E-state index contributed by atoms with van der Waals surface area (Å²) in [5.74, 6) is 0. The van der Waals surface area contributed by atoms with Gasteiger partial charge in [0, 0.05) is 16.2 Å². The summed E-state index contributed by atoms with van der Waals surface area (Å²) in [7, 11) is 0. The lowest BCUT2D eigenvalue weighted by Crippen LogP contribution is -2.21. The fourth-order valence-corrected chi connectivity index (χ4v) is 2.41. The topological polar surface area (TPSA) is 24.1 Å². The first-order chi connectivity index (χ1) is 7.75. The van der Waals surface area contributed by atoms with Gasteiger partial charge in [-0.1, -0.05) is 11.6 Å². The van der Waals surface area contributed by atoms with Gasteiger partial charge in [-0.15, -0.1) is 0 Å². The molecule has 1 aliphatic heterocycles. The maximum absolute atomic E-state index is 6.06. The molecule has 1 aliphatic rings. The lowest BCUT2D eigenvalue weighted by Gasteiger charge is -2.17. The number of anilines is 1. The van der Waals surface area contributed by atoms with Crippen LogP contribution in [0.1, 0.15) is 19.3 Å². The van der Waals surface area contributed by atoms with Gasteiger partial charge in [-0.25, -0.2) is 0 Å². The van der Waals surface area contributed by atoms with Gasteiger partial charge in [0.25, 0.3) is 0 Å². The highest BCUT2D eigenvalue weighted by molar-refractivity contribution is 9.10. The van der Waals surface area contributed by atoms with Crippen molar-refractivity contribution < 1.29 is 0 Å². The third kappa shape index (κ3) is 3.37. The van der Waals surface area contributed by atoms with E-state index in [0.717, 1.165) is 28.3 Å². The number of benzene rings is 1. The molecule has 88 valence electrons. The molecule has 1 aromatic rings. The first-order valence-corrected chi connectivity index (χ1v) is 6.85. The van der Waals surface area contributed by atoms with Crippen LogP contribution in [0.5, 0.6) is 0 Å². The summed E-state index contributed by atoms with van der Waals surface area (Å²) >= 11 is 9.46. The fourth-order valence-electron chi connectivity index (χ4n) is 1.99. The molecule has 0 amide bonds. The van der Waals surface area contributed by atoms with Crippen LogP contribution < -0.4 is 10.6 Å². The van der Waals surface area contributed by atoms with Crippen LogP contribution in [0, 0.1) is 0 Å². The zero-order chi connectivity index (χ0) is 11.4. The summed E-state index contributed by atoms with van der Waals surface area (Å²) in [4.78, 5) is 0. The standard InChI is InChI=1S/C12H16BrClN2/c13-11-4-3-10(8-12(11)14)16-9-2-1-6-15-7-5-9/h3-4,8-9,15-16H,1-2,5-7H2. The normalized spacial score (nSPS) is 21.5. The molecule has 2 rings (SSSR count). The van der Waals surface area contributed by atoms with Crippen LogP contribution in [0.2, 0.25) is 5.02 Å². The predicted molar refractivity (Wildman–Crippen MR) is 73.3 cm³/mol. The van der Waals surface area contributed by atoms with E-state index in [0.29, 0.717) is 6.04 Å². The van der Waals surface area contributed by atoms with Gasteiger partial charge in [0.2, 0.25) is 0 Å². The van der Waals surface area contributed by atoms with Crippen molar-refractivity contribution in [1.29, 1.82) is 0 Å². The number of hydrogen-bond donors (Lipinski definition) is 2. The van der Waals surface area contributed by atoms with Crippen LogP contribution in [-0.4, -0.2) is 19.1 Å². The highest BCUT2D eigenvalue weighted by atomic mass is 79.9. The van der Waals surface area contributed by atoms with E-state index in [-0.39, 0.29) is 0 Å². The summed E-state index contributed by atoms with van der Waals surface area (Å²) in [6.45, 7) is 2.24. The van der Waals surface area contributed by atoms with Crippen LogP contribution in [0.25, 0.3) is 0 Å². The molecule has 1 unspecified atom stereocenters. The second-order valence-corrected chi connectivity index (χ2v) is 5.41. The Balaban J connectivity index is 1.99. The quantitative estimate of drug-likeness (QED) is 0.871. The molecule has 0 aliphatic carbocycles. The molecule has 1 fully saturated rings. The average Bonchev–Trinajstić information content (AvgIpc) is 2.52. The van der Waals surface area contributed by atoms with Crippen LogP contribution >= 0.6 is 27.5 Å². The van der Waals surface area contributed by atoms with E-state index in [1.807, 2.05) is 12.1 Å². The van der Waals surface area contributed by atoms with Gasteiger partial charge in [0.05, 0.1) is 5.02 Å². The molecule has 0 aromatic heterocycles. The summed E-state index contributed by atoms with van der Waals surface area (Å²) in [6, 6.07) is 6.59. The maximum atomic E-state index is 6.06. The van der Waals surface area contributed by atoms with Crippen molar-refractivity contribution in [3.05, 3.63) is 27.7 Å². The Morgan fingerprint density at radius 2 is 2.19 bits per heavy atom. The van der Waals surface area contributed by atoms with Crippen molar-refractivity contribution in [2.75, 3.05) is 18.4 Å². The smallest absolute Gasteiger partial charge is 0.0568 e. The Labute approximate surface area is 110 Å². The van der Waals surface area contributed by atoms with Gasteiger partial charge in [-0.05, 0) is 66.5 Å². The van der Waals surface area contributed by atoms with E-state index in [9.17, 15) is 0 Å². The van der Waals surface area contributed by atoms with Crippen molar-refractivity contribution >= 4 is 33.2 Å². The molecule has 4 heteroatoms. The number of nitrogens with one attached hydrogen (secondary N) is 2. The third-order valence-corrected chi connectivity index (χ3v) is 4.10. The Kier molecular flexibility index (Phi) is 4.50. The zero-order valence-electron chi connectivity index (χ0n) is 9.10. The maximum Gasteiger partial charge on any atom is 0.0568 e. The lowest BCUT2D eigenvalue weighted by atomic mass is 10.1. The molecular weight excluding hydrogens is 288 g/mol. The van der Waals surface area contributed by atoms with Crippen LogP contribution in [0.15, 0.2) is 22.7 Å². The second-order valence-electron chi connectivity index (χ2n) is 4.15. The lowest BCUT2D eigenvalue weighted by molar-refractivity contribution is 0.637. The Hall–Kier alpha value is -0.250. The summed E-state index contributed by atoms with van der Waals surface area (Å²) in [5, 5.41) is 7.71. The molecule has 1 atom stereocenters. The van der Waals surface area contributed by atoms with E-state index in [4.69, 9.17) is 11.6 Å². The van der Waals surface area contributed by atoms with Crippen molar-refractivity contribution in [3.8, 4) is 0 Å². The van der Waals surface area contributed by atoms with E-state index in [1.165, 1.54) is 19.3 Å². The van der Waals surface area contributed by atoms with Gasteiger partial charge in [-0.2, -0.15) is 0 Å². The fraction of sp³-hybridized carbons (Fsp3) is 0.500.